The molecule has 0 saturated heterocycles. The van der Waals surface area contributed by atoms with E-state index in [1.54, 1.807) is 19.1 Å². The van der Waals surface area contributed by atoms with Gasteiger partial charge in [-0.25, -0.2) is 4.79 Å². The summed E-state index contributed by atoms with van der Waals surface area (Å²) in [6.07, 6.45) is 19.9. The molecule has 10 N–H and O–H groups in total. The zero-order valence-corrected chi connectivity index (χ0v) is 50.0. The van der Waals surface area contributed by atoms with Crippen LogP contribution in [0.15, 0.2) is 24.3 Å². The van der Waals surface area contributed by atoms with E-state index >= 15 is 0 Å². The highest BCUT2D eigenvalue weighted by atomic mass is 16.4. The molecule has 0 heterocycles. The van der Waals surface area contributed by atoms with Crippen LogP contribution >= 0.6 is 0 Å². The molecule has 0 aromatic heterocycles. The zero-order chi connectivity index (χ0) is 61.8. The average Bonchev–Trinajstić information content (AvgIpc) is 3.46. The molecular weight excluding hydrogens is 1070 g/mol. The largest absolute Gasteiger partial charge is 0.508 e. The Balaban J connectivity index is 2.45. The monoisotopic (exact) mass is 1170 g/mol. The minimum Gasteiger partial charge on any atom is -0.508 e. The van der Waals surface area contributed by atoms with Gasteiger partial charge < -0.3 is 52.1 Å². The Morgan fingerprint density at radius 3 is 1.43 bits per heavy atom. The number of amides is 3. The predicted octanol–water partition coefficient (Wildman–Crippen LogP) is 8.33. The van der Waals surface area contributed by atoms with E-state index in [1.807, 2.05) is 6.92 Å². The average molecular weight is 1170 g/mol. The molecule has 3 amide bonds. The SMILES string of the molecule is CCCC[C@H](NCC(=O)[C@@H](Cc1ccc(O)cc1)NC(C)=O)C(=O)CN[C@@H](CCCCNC(=O)CC[C@H](CC(=O)CC[C@H](NC(=O)CC[C@H](CCCCCCCCCCCCCCCCCCC(=O)O)C(=O)O)C(=O)O)C(=O)O)C(=O)CC. The van der Waals surface area contributed by atoms with Gasteiger partial charge in [0, 0.05) is 52.0 Å². The number of hydrogen-bond donors (Lipinski definition) is 10. The molecule has 0 aliphatic carbocycles. The predicted molar refractivity (Wildman–Crippen MR) is 315 cm³/mol. The summed E-state index contributed by atoms with van der Waals surface area (Å²) in [7, 11) is 0. The molecule has 21 nitrogen and oxygen atoms in total. The van der Waals surface area contributed by atoms with Gasteiger partial charge in [0.15, 0.2) is 11.6 Å². The van der Waals surface area contributed by atoms with Crippen molar-refractivity contribution in [2.75, 3.05) is 19.6 Å². The fourth-order valence-electron chi connectivity index (χ4n) is 9.91. The maximum Gasteiger partial charge on any atom is 0.326 e. The fourth-order valence-corrected chi connectivity index (χ4v) is 9.91. The van der Waals surface area contributed by atoms with Gasteiger partial charge >= 0.3 is 23.9 Å². The third-order valence-corrected chi connectivity index (χ3v) is 15.1. The van der Waals surface area contributed by atoms with Crippen LogP contribution in [0.2, 0.25) is 0 Å². The molecule has 0 bridgehead atoms. The molecule has 0 spiro atoms. The lowest BCUT2D eigenvalue weighted by Gasteiger charge is -2.22. The quantitative estimate of drug-likeness (QED) is 0.0274. The first-order chi connectivity index (χ1) is 39.7. The number of hydrogen-bond acceptors (Lipinski definition) is 14. The summed E-state index contributed by atoms with van der Waals surface area (Å²) in [5.74, 6) is -9.10. The van der Waals surface area contributed by atoms with Crippen molar-refractivity contribution in [1.82, 2.24) is 26.6 Å². The van der Waals surface area contributed by atoms with E-state index in [2.05, 4.69) is 26.6 Å². The normalized spacial score (nSPS) is 13.4. The highest BCUT2D eigenvalue weighted by Gasteiger charge is 2.28. The number of unbranched alkanes of at least 4 members (excludes halogenated alkanes) is 17. The minimum atomic E-state index is -1.45. The maximum atomic E-state index is 13.5. The van der Waals surface area contributed by atoms with Crippen molar-refractivity contribution in [1.29, 1.82) is 0 Å². The van der Waals surface area contributed by atoms with Crippen molar-refractivity contribution < 1.29 is 78.3 Å². The lowest BCUT2D eigenvalue weighted by atomic mass is 9.94. The number of carboxylic acids is 4. The number of carbonyl (C=O) groups is 11. The van der Waals surface area contributed by atoms with Crippen LogP contribution in [-0.2, 0) is 59.2 Å². The van der Waals surface area contributed by atoms with Gasteiger partial charge in [-0.3, -0.25) is 47.9 Å². The third kappa shape index (κ3) is 38.4. The van der Waals surface area contributed by atoms with E-state index in [9.17, 15) is 73.2 Å². The maximum absolute atomic E-state index is 13.5. The summed E-state index contributed by atoms with van der Waals surface area (Å²) < 4.78 is 0. The van der Waals surface area contributed by atoms with Gasteiger partial charge in [-0.2, -0.15) is 0 Å². The van der Waals surface area contributed by atoms with Crippen LogP contribution in [-0.4, -0.2) is 134 Å². The molecule has 0 saturated carbocycles. The highest BCUT2D eigenvalue weighted by molar-refractivity contribution is 5.92. The van der Waals surface area contributed by atoms with Gasteiger partial charge in [0.05, 0.1) is 43.1 Å². The smallest absolute Gasteiger partial charge is 0.326 e. The summed E-state index contributed by atoms with van der Waals surface area (Å²) in [5.41, 5.74) is 0.726. The molecule has 1 aromatic rings. The van der Waals surface area contributed by atoms with Crippen LogP contribution in [0, 0.1) is 11.8 Å². The number of aromatic hydroxyl groups is 1. The van der Waals surface area contributed by atoms with E-state index in [1.165, 1.54) is 70.4 Å². The summed E-state index contributed by atoms with van der Waals surface area (Å²) in [4.78, 5) is 137. The number of phenols is 1. The van der Waals surface area contributed by atoms with Crippen LogP contribution in [0.3, 0.4) is 0 Å². The van der Waals surface area contributed by atoms with Gasteiger partial charge in [-0.05, 0) is 81.9 Å². The number of carbonyl (C=O) groups excluding carboxylic acids is 7. The standard InChI is InChI=1S/C62H101N5O16/c1-4-6-26-51(65-43-56(73)53(66-44(3)68)40-45-29-33-48(69)34-30-45)55(72)42-64-50(54(71)5-2)27-23-24-39-63-57(74)37-32-47(61(80)81)41-49(70)35-36-52(62(82)83)67-58(75)38-31-46(60(78)79)25-21-19-17-15-13-11-9-7-8-10-12-14-16-18-20-22-28-59(76)77/h29-30,33-34,46-47,50-53,64-65,69H,4-28,31-32,35-43H2,1-3H3,(H,63,74)(H,66,68)(H,67,75)(H,76,77)(H,78,79)(H,80,81)(H,82,83)/t46-,47+,50-,51-,52-,53+/m0/s1. The molecule has 83 heavy (non-hydrogen) atoms. The number of nitrogens with one attached hydrogen (secondary N) is 5. The van der Waals surface area contributed by atoms with Crippen molar-refractivity contribution in [3.8, 4) is 5.75 Å². The van der Waals surface area contributed by atoms with Crippen molar-refractivity contribution in [3.63, 3.8) is 0 Å². The first kappa shape index (κ1) is 74.9. The second-order valence-electron chi connectivity index (χ2n) is 22.2. The van der Waals surface area contributed by atoms with Gasteiger partial charge in [0.2, 0.25) is 17.7 Å². The molecule has 0 fully saturated rings. The number of benzene rings is 1. The Hall–Kier alpha value is -6.09. The molecule has 0 aliphatic rings. The first-order valence-corrected chi connectivity index (χ1v) is 30.7. The van der Waals surface area contributed by atoms with Crippen LogP contribution in [0.25, 0.3) is 0 Å². The van der Waals surface area contributed by atoms with Gasteiger partial charge in [-0.15, -0.1) is 0 Å². The van der Waals surface area contributed by atoms with Crippen LogP contribution < -0.4 is 26.6 Å². The number of ketones is 4. The lowest BCUT2D eigenvalue weighted by Crippen LogP contribution is -2.50. The van der Waals surface area contributed by atoms with Crippen molar-refractivity contribution in [2.24, 2.45) is 11.8 Å². The lowest BCUT2D eigenvalue weighted by molar-refractivity contribution is -0.145. The zero-order valence-electron chi connectivity index (χ0n) is 50.0. The Labute approximate surface area is 491 Å². The second kappa shape index (κ2) is 46.3. The van der Waals surface area contributed by atoms with Gasteiger partial charge in [-0.1, -0.05) is 135 Å². The topological polar surface area (TPSA) is 349 Å². The van der Waals surface area contributed by atoms with Crippen molar-refractivity contribution in [2.45, 2.75) is 257 Å². The molecule has 0 radical (unpaired) electrons. The summed E-state index contributed by atoms with van der Waals surface area (Å²) in [5, 5.41) is 61.6. The van der Waals surface area contributed by atoms with E-state index in [0.717, 1.165) is 56.9 Å². The van der Waals surface area contributed by atoms with E-state index in [0.29, 0.717) is 44.9 Å². The van der Waals surface area contributed by atoms with Crippen LogP contribution in [0.4, 0.5) is 0 Å². The van der Waals surface area contributed by atoms with Crippen molar-refractivity contribution in [3.05, 3.63) is 29.8 Å². The summed E-state index contributed by atoms with van der Waals surface area (Å²) >= 11 is 0. The van der Waals surface area contributed by atoms with Crippen molar-refractivity contribution >= 4 is 64.7 Å². The van der Waals surface area contributed by atoms with E-state index < -0.39 is 89.8 Å². The number of Topliss-reactive ketones (excluding diaryl/α,β-unsaturated/α-hetero) is 4. The molecular formula is C62H101N5O16. The van der Waals surface area contributed by atoms with Gasteiger partial charge in [0.25, 0.3) is 0 Å². The number of carboxylic acid groups (broad SMARTS) is 4. The Bertz CT molecular complexity index is 2120. The van der Waals surface area contributed by atoms with Crippen LogP contribution in [0.5, 0.6) is 5.75 Å². The molecule has 1 aromatic carbocycles. The van der Waals surface area contributed by atoms with E-state index in [-0.39, 0.29) is 101 Å². The Morgan fingerprint density at radius 1 is 0.446 bits per heavy atom. The number of phenolic OH excluding ortho intramolecular Hbond substituents is 1. The first-order valence-electron chi connectivity index (χ1n) is 30.7. The van der Waals surface area contributed by atoms with E-state index in [4.69, 9.17) is 5.11 Å². The molecule has 1 rings (SSSR count). The number of aliphatic carboxylic acids is 4. The third-order valence-electron chi connectivity index (χ3n) is 15.1. The minimum absolute atomic E-state index is 0.0253. The number of rotatable bonds is 55. The molecule has 21 heteroatoms. The Morgan fingerprint density at radius 2 is 0.928 bits per heavy atom. The molecule has 6 atom stereocenters. The molecule has 470 valence electrons. The summed E-state index contributed by atoms with van der Waals surface area (Å²) in [6, 6.07) is 2.63. The van der Waals surface area contributed by atoms with Gasteiger partial charge in [0.1, 0.15) is 23.4 Å². The Kier molecular flexibility index (Phi) is 41.8. The molecule has 0 aliphatic heterocycles. The van der Waals surface area contributed by atoms with Crippen LogP contribution in [0.1, 0.15) is 232 Å². The molecule has 0 unspecified atom stereocenters. The summed E-state index contributed by atoms with van der Waals surface area (Å²) in [6.45, 7) is 4.89. The fraction of sp³-hybridized carbons (Fsp3) is 0.726. The highest BCUT2D eigenvalue weighted by Crippen LogP contribution is 2.20. The second-order valence-corrected chi connectivity index (χ2v) is 22.2.